The number of carbonyl (C=O) groups excluding carboxylic acids is 1. The third kappa shape index (κ3) is 3.10. The quantitative estimate of drug-likeness (QED) is 0.854. The monoisotopic (exact) mass is 267 g/mol. The van der Waals surface area contributed by atoms with Crippen molar-refractivity contribution in [2.75, 3.05) is 7.05 Å². The lowest BCUT2D eigenvalue weighted by Gasteiger charge is -2.35. The first kappa shape index (κ1) is 14.4. The fourth-order valence-corrected chi connectivity index (χ4v) is 3.62. The molecule has 0 radical (unpaired) electrons. The van der Waals surface area contributed by atoms with E-state index in [-0.39, 0.29) is 11.8 Å². The van der Waals surface area contributed by atoms with E-state index < -0.39 is 11.9 Å². The molecule has 0 aromatic rings. The fraction of sp³-hybridized carbons (Fsp3) is 0.867. The van der Waals surface area contributed by atoms with Crippen LogP contribution in [-0.2, 0) is 9.59 Å². The summed E-state index contributed by atoms with van der Waals surface area (Å²) in [6.45, 7) is 2.26. The maximum absolute atomic E-state index is 12.5. The molecule has 19 heavy (non-hydrogen) atoms. The molecule has 0 aliphatic heterocycles. The average molecular weight is 267 g/mol. The Morgan fingerprint density at radius 3 is 2.16 bits per heavy atom. The van der Waals surface area contributed by atoms with Crippen molar-refractivity contribution in [1.29, 1.82) is 0 Å². The van der Waals surface area contributed by atoms with E-state index in [1.165, 1.54) is 12.8 Å². The van der Waals surface area contributed by atoms with Crippen LogP contribution in [0.1, 0.15) is 51.9 Å². The summed E-state index contributed by atoms with van der Waals surface area (Å²) in [5.41, 5.74) is 0. The van der Waals surface area contributed by atoms with Crippen LogP contribution in [-0.4, -0.2) is 35.0 Å². The molecule has 0 saturated heterocycles. The number of hydrogen-bond acceptors (Lipinski definition) is 2. The predicted molar refractivity (Wildman–Crippen MR) is 72.7 cm³/mol. The Hall–Kier alpha value is -1.06. The normalized spacial score (nSPS) is 35.1. The number of aliphatic carboxylic acids is 1. The Balaban J connectivity index is 1.96. The average Bonchev–Trinajstić information content (AvgIpc) is 2.87. The Labute approximate surface area is 115 Å². The number of amides is 1. The van der Waals surface area contributed by atoms with Crippen LogP contribution in [0.15, 0.2) is 0 Å². The summed E-state index contributed by atoms with van der Waals surface area (Å²) >= 11 is 0. The smallest absolute Gasteiger partial charge is 0.307 e. The molecule has 2 atom stereocenters. The molecule has 2 fully saturated rings. The van der Waals surface area contributed by atoms with Crippen LogP contribution >= 0.6 is 0 Å². The van der Waals surface area contributed by atoms with Crippen LogP contribution < -0.4 is 0 Å². The van der Waals surface area contributed by atoms with Gasteiger partial charge in [0.2, 0.25) is 5.91 Å². The zero-order valence-corrected chi connectivity index (χ0v) is 12.0. The minimum absolute atomic E-state index is 0.0597. The van der Waals surface area contributed by atoms with Gasteiger partial charge >= 0.3 is 5.97 Å². The molecule has 0 aromatic heterocycles. The highest BCUT2D eigenvalue weighted by atomic mass is 16.4. The van der Waals surface area contributed by atoms with Gasteiger partial charge in [0, 0.05) is 13.1 Å². The van der Waals surface area contributed by atoms with E-state index in [0.717, 1.165) is 31.6 Å². The van der Waals surface area contributed by atoms with E-state index in [1.54, 1.807) is 0 Å². The number of carboxylic acids is 1. The van der Waals surface area contributed by atoms with Crippen LogP contribution in [0.25, 0.3) is 0 Å². The maximum atomic E-state index is 12.5. The van der Waals surface area contributed by atoms with Gasteiger partial charge in [0.1, 0.15) is 0 Å². The minimum Gasteiger partial charge on any atom is -0.481 e. The summed E-state index contributed by atoms with van der Waals surface area (Å²) in [6.07, 6.45) is 6.74. The molecule has 0 unspecified atom stereocenters. The van der Waals surface area contributed by atoms with Gasteiger partial charge in [-0.15, -0.1) is 0 Å². The van der Waals surface area contributed by atoms with Crippen LogP contribution in [0, 0.1) is 17.8 Å². The first-order valence-corrected chi connectivity index (χ1v) is 7.50. The van der Waals surface area contributed by atoms with Gasteiger partial charge in [-0.3, -0.25) is 9.59 Å². The van der Waals surface area contributed by atoms with E-state index in [9.17, 15) is 14.7 Å². The first-order chi connectivity index (χ1) is 9.00. The van der Waals surface area contributed by atoms with Crippen molar-refractivity contribution in [3.63, 3.8) is 0 Å². The van der Waals surface area contributed by atoms with Gasteiger partial charge < -0.3 is 10.0 Å². The molecule has 0 aromatic carbocycles. The molecule has 2 aliphatic carbocycles. The summed E-state index contributed by atoms with van der Waals surface area (Å²) in [6, 6.07) is 0.318. The van der Waals surface area contributed by atoms with Crippen molar-refractivity contribution in [2.24, 2.45) is 17.8 Å². The van der Waals surface area contributed by atoms with Gasteiger partial charge in [0.05, 0.1) is 11.8 Å². The maximum Gasteiger partial charge on any atom is 0.307 e. The molecule has 0 bridgehead atoms. The molecule has 4 heteroatoms. The molecule has 2 saturated carbocycles. The Bertz CT molecular complexity index is 347. The molecule has 0 spiro atoms. The summed E-state index contributed by atoms with van der Waals surface area (Å²) in [7, 11) is 1.86. The van der Waals surface area contributed by atoms with Crippen molar-refractivity contribution in [1.82, 2.24) is 4.90 Å². The lowest BCUT2D eigenvalue weighted by atomic mass is 9.86. The predicted octanol–water partition coefficient (Wildman–Crippen LogP) is 2.52. The second kappa shape index (κ2) is 5.93. The van der Waals surface area contributed by atoms with Gasteiger partial charge in [-0.25, -0.2) is 0 Å². The Kier molecular flexibility index (Phi) is 4.48. The summed E-state index contributed by atoms with van der Waals surface area (Å²) in [4.78, 5) is 25.5. The highest BCUT2D eigenvalue weighted by Gasteiger charge is 2.40. The fourth-order valence-electron chi connectivity index (χ4n) is 3.62. The lowest BCUT2D eigenvalue weighted by molar-refractivity contribution is -0.149. The van der Waals surface area contributed by atoms with Gasteiger partial charge in [0.15, 0.2) is 0 Å². The van der Waals surface area contributed by atoms with Crippen molar-refractivity contribution in [2.45, 2.75) is 57.9 Å². The standard InChI is InChI=1S/C15H25NO3/c1-10-6-8-11(9-7-10)16(2)14(17)12-4-3-5-13(12)15(18)19/h10-13H,3-9H2,1-2H3,(H,18,19)/t10?,11?,12-,13+/m1/s1. The number of nitrogens with zero attached hydrogens (tertiary/aromatic N) is 1. The van der Waals surface area contributed by atoms with E-state index in [1.807, 2.05) is 11.9 Å². The summed E-state index contributed by atoms with van der Waals surface area (Å²) < 4.78 is 0. The van der Waals surface area contributed by atoms with Crippen LogP contribution in [0.3, 0.4) is 0 Å². The highest BCUT2D eigenvalue weighted by Crippen LogP contribution is 2.35. The van der Waals surface area contributed by atoms with Crippen molar-refractivity contribution in [3.05, 3.63) is 0 Å². The molecule has 2 aliphatic rings. The van der Waals surface area contributed by atoms with E-state index in [0.29, 0.717) is 12.5 Å². The molecule has 1 N–H and O–H groups in total. The van der Waals surface area contributed by atoms with Crippen molar-refractivity contribution < 1.29 is 14.7 Å². The molecule has 1 amide bonds. The van der Waals surface area contributed by atoms with Gasteiger partial charge in [-0.1, -0.05) is 13.3 Å². The van der Waals surface area contributed by atoms with Gasteiger partial charge in [0.25, 0.3) is 0 Å². The largest absolute Gasteiger partial charge is 0.481 e. The van der Waals surface area contributed by atoms with Crippen LogP contribution in [0.2, 0.25) is 0 Å². The molecule has 2 rings (SSSR count). The van der Waals surface area contributed by atoms with E-state index in [4.69, 9.17) is 0 Å². The summed E-state index contributed by atoms with van der Waals surface area (Å²) in [5, 5.41) is 9.19. The lowest BCUT2D eigenvalue weighted by Crippen LogP contribution is -2.44. The number of hydrogen-bond donors (Lipinski definition) is 1. The van der Waals surface area contributed by atoms with Crippen LogP contribution in [0.4, 0.5) is 0 Å². The highest BCUT2D eigenvalue weighted by molar-refractivity contribution is 5.85. The van der Waals surface area contributed by atoms with Gasteiger partial charge in [-0.2, -0.15) is 0 Å². The molecular formula is C15H25NO3. The van der Waals surface area contributed by atoms with Crippen molar-refractivity contribution >= 4 is 11.9 Å². The molecule has 108 valence electrons. The summed E-state index contributed by atoms with van der Waals surface area (Å²) in [5.74, 6) is -0.733. The first-order valence-electron chi connectivity index (χ1n) is 7.50. The molecule has 0 heterocycles. The van der Waals surface area contributed by atoms with Crippen LogP contribution in [0.5, 0.6) is 0 Å². The third-order valence-electron chi connectivity index (χ3n) is 5.03. The zero-order chi connectivity index (χ0) is 14.0. The number of carboxylic acid groups (broad SMARTS) is 1. The second-order valence-electron chi connectivity index (χ2n) is 6.34. The van der Waals surface area contributed by atoms with Gasteiger partial charge in [-0.05, 0) is 44.4 Å². The Morgan fingerprint density at radius 1 is 1.00 bits per heavy atom. The number of rotatable bonds is 3. The minimum atomic E-state index is -0.804. The van der Waals surface area contributed by atoms with E-state index >= 15 is 0 Å². The third-order valence-corrected chi connectivity index (χ3v) is 5.03. The second-order valence-corrected chi connectivity index (χ2v) is 6.34. The SMILES string of the molecule is CC1CCC(N(C)C(=O)[C@@H]2CCC[C@@H]2C(=O)O)CC1. The molecular weight excluding hydrogens is 242 g/mol. The zero-order valence-electron chi connectivity index (χ0n) is 12.0. The molecule has 4 nitrogen and oxygen atoms in total. The van der Waals surface area contributed by atoms with Crippen molar-refractivity contribution in [3.8, 4) is 0 Å². The topological polar surface area (TPSA) is 57.6 Å². The Morgan fingerprint density at radius 2 is 1.58 bits per heavy atom. The van der Waals surface area contributed by atoms with E-state index in [2.05, 4.69) is 6.92 Å². The number of carbonyl (C=O) groups is 2.